The standard InChI is InChI=1S/C17H23N3O3S/c21-16-12-24-17(20(16)8-7-19-5-3-18-4-6-19)13-1-2-14-15(11-13)23-10-9-22-14/h1-2,11,17-18H,3-10,12H2/p+2/t17-/m1/s1. The summed E-state index contributed by atoms with van der Waals surface area (Å²) in [6.45, 7) is 7.86. The molecule has 3 N–H and O–H groups in total. The molecule has 3 aliphatic rings. The Labute approximate surface area is 146 Å². The highest BCUT2D eigenvalue weighted by Gasteiger charge is 2.34. The van der Waals surface area contributed by atoms with E-state index in [1.807, 2.05) is 17.0 Å². The number of nitrogens with one attached hydrogen (secondary N) is 1. The van der Waals surface area contributed by atoms with Gasteiger partial charge in [0, 0.05) is 0 Å². The zero-order chi connectivity index (χ0) is 16.4. The normalized spacial score (nSPS) is 24.4. The Morgan fingerprint density at radius 1 is 1.21 bits per heavy atom. The molecule has 0 unspecified atom stereocenters. The van der Waals surface area contributed by atoms with Crippen molar-refractivity contribution < 1.29 is 24.5 Å². The van der Waals surface area contributed by atoms with Crippen LogP contribution in [0.3, 0.4) is 0 Å². The number of ether oxygens (including phenoxy) is 2. The van der Waals surface area contributed by atoms with Crippen molar-refractivity contribution in [2.24, 2.45) is 0 Å². The Balaban J connectivity index is 1.45. The first-order chi connectivity index (χ1) is 11.8. The minimum atomic E-state index is 0.101. The zero-order valence-corrected chi connectivity index (χ0v) is 14.6. The van der Waals surface area contributed by atoms with Gasteiger partial charge in [-0.2, -0.15) is 0 Å². The van der Waals surface area contributed by atoms with Crippen molar-refractivity contribution in [2.45, 2.75) is 5.37 Å². The van der Waals surface area contributed by atoms with Crippen molar-refractivity contribution in [3.8, 4) is 11.5 Å². The van der Waals surface area contributed by atoms with Crippen LogP contribution in [-0.2, 0) is 4.79 Å². The Morgan fingerprint density at radius 2 is 2.00 bits per heavy atom. The van der Waals surface area contributed by atoms with Crippen LogP contribution in [0.1, 0.15) is 10.9 Å². The molecule has 0 aromatic heterocycles. The van der Waals surface area contributed by atoms with E-state index in [-0.39, 0.29) is 11.3 Å². The van der Waals surface area contributed by atoms with Gasteiger partial charge in [-0.3, -0.25) is 4.79 Å². The summed E-state index contributed by atoms with van der Waals surface area (Å²) in [5, 5.41) is 2.47. The largest absolute Gasteiger partial charge is 0.486 e. The number of carbonyl (C=O) groups excluding carboxylic acids is 1. The highest BCUT2D eigenvalue weighted by molar-refractivity contribution is 8.00. The fourth-order valence-electron chi connectivity index (χ4n) is 3.60. The van der Waals surface area contributed by atoms with E-state index in [0.29, 0.717) is 19.0 Å². The lowest BCUT2D eigenvalue weighted by atomic mass is 10.1. The zero-order valence-electron chi connectivity index (χ0n) is 13.8. The number of quaternary nitrogens is 2. The minimum absolute atomic E-state index is 0.101. The lowest BCUT2D eigenvalue weighted by Gasteiger charge is -2.28. The molecule has 4 rings (SSSR count). The number of thioether (sulfide) groups is 1. The number of hydrogen-bond donors (Lipinski definition) is 2. The van der Waals surface area contributed by atoms with Gasteiger partial charge in [0.1, 0.15) is 44.8 Å². The van der Waals surface area contributed by atoms with Crippen LogP contribution < -0.4 is 19.7 Å². The molecule has 0 spiro atoms. The molecule has 1 aromatic rings. The Morgan fingerprint density at radius 3 is 2.83 bits per heavy atom. The van der Waals surface area contributed by atoms with Gasteiger partial charge in [0.05, 0.1) is 18.8 Å². The van der Waals surface area contributed by atoms with Gasteiger partial charge < -0.3 is 24.6 Å². The molecule has 3 aliphatic heterocycles. The average Bonchev–Trinajstić information content (AvgIpc) is 3.01. The van der Waals surface area contributed by atoms with Gasteiger partial charge in [0.15, 0.2) is 11.5 Å². The highest BCUT2D eigenvalue weighted by atomic mass is 32.2. The third-order valence-corrected chi connectivity index (χ3v) is 6.19. The van der Waals surface area contributed by atoms with Gasteiger partial charge in [0.2, 0.25) is 5.91 Å². The molecule has 0 radical (unpaired) electrons. The first-order valence-corrected chi connectivity index (χ1v) is 9.82. The maximum atomic E-state index is 12.4. The summed E-state index contributed by atoms with van der Waals surface area (Å²) >= 11 is 1.71. The molecule has 6 nitrogen and oxygen atoms in total. The first-order valence-electron chi connectivity index (χ1n) is 8.77. The summed E-state index contributed by atoms with van der Waals surface area (Å²) in [6.07, 6.45) is 0. The quantitative estimate of drug-likeness (QED) is 0.693. The summed E-state index contributed by atoms with van der Waals surface area (Å²) in [5.74, 6) is 2.43. The topological polar surface area (TPSA) is 59.8 Å². The number of fused-ring (bicyclic) bond motifs is 1. The molecule has 2 fully saturated rings. The average molecular weight is 351 g/mol. The van der Waals surface area contributed by atoms with E-state index in [1.54, 1.807) is 16.7 Å². The van der Waals surface area contributed by atoms with E-state index in [2.05, 4.69) is 11.4 Å². The third kappa shape index (κ3) is 3.34. The molecule has 3 heterocycles. The number of carbonyl (C=O) groups is 1. The molecule has 0 bridgehead atoms. The highest BCUT2D eigenvalue weighted by Crippen LogP contribution is 2.41. The summed E-state index contributed by atoms with van der Waals surface area (Å²) in [4.78, 5) is 16.0. The number of piperazine rings is 1. The number of amides is 1. The van der Waals surface area contributed by atoms with Gasteiger partial charge in [-0.1, -0.05) is 6.07 Å². The summed E-state index contributed by atoms with van der Waals surface area (Å²) in [6, 6.07) is 6.08. The van der Waals surface area contributed by atoms with E-state index in [9.17, 15) is 4.79 Å². The molecule has 1 amide bonds. The van der Waals surface area contributed by atoms with Crippen molar-refractivity contribution in [1.82, 2.24) is 4.90 Å². The van der Waals surface area contributed by atoms with Gasteiger partial charge in [-0.25, -0.2) is 0 Å². The first kappa shape index (κ1) is 16.1. The van der Waals surface area contributed by atoms with Crippen molar-refractivity contribution in [3.05, 3.63) is 23.8 Å². The number of benzene rings is 1. The van der Waals surface area contributed by atoms with Crippen molar-refractivity contribution >= 4 is 17.7 Å². The van der Waals surface area contributed by atoms with Gasteiger partial charge in [-0.05, 0) is 17.7 Å². The van der Waals surface area contributed by atoms with E-state index in [1.165, 1.54) is 26.2 Å². The van der Waals surface area contributed by atoms with Crippen molar-refractivity contribution in [3.63, 3.8) is 0 Å². The van der Waals surface area contributed by atoms with Crippen LogP contribution in [0.4, 0.5) is 0 Å². The van der Waals surface area contributed by atoms with Crippen LogP contribution in [0, 0.1) is 0 Å². The summed E-state index contributed by atoms with van der Waals surface area (Å²) < 4.78 is 11.3. The number of hydrogen-bond acceptors (Lipinski definition) is 4. The molecule has 130 valence electrons. The maximum Gasteiger partial charge on any atom is 0.234 e. The molecule has 24 heavy (non-hydrogen) atoms. The predicted molar refractivity (Wildman–Crippen MR) is 91.6 cm³/mol. The van der Waals surface area contributed by atoms with Crippen LogP contribution >= 0.6 is 11.8 Å². The molecule has 2 saturated heterocycles. The molecule has 1 atom stereocenters. The second-order valence-electron chi connectivity index (χ2n) is 6.52. The van der Waals surface area contributed by atoms with E-state index in [0.717, 1.165) is 30.2 Å². The Kier molecular flexibility index (Phi) is 4.82. The molecular formula is C17H25N3O3S+2. The maximum absolute atomic E-state index is 12.4. The fraction of sp³-hybridized carbons (Fsp3) is 0.588. The van der Waals surface area contributed by atoms with Gasteiger partial charge >= 0.3 is 0 Å². The van der Waals surface area contributed by atoms with Crippen LogP contribution in [-0.4, -0.2) is 69.0 Å². The van der Waals surface area contributed by atoms with Gasteiger partial charge in [0.25, 0.3) is 0 Å². The molecule has 0 aliphatic carbocycles. The van der Waals surface area contributed by atoms with Crippen LogP contribution in [0.5, 0.6) is 11.5 Å². The SMILES string of the molecule is O=C1CS[C@H](c2ccc3c(c2)OCCO3)N1CC[NH+]1CC[NH2+]CC1. The second kappa shape index (κ2) is 7.21. The molecule has 1 aromatic carbocycles. The lowest BCUT2D eigenvalue weighted by Crippen LogP contribution is -3.20. The van der Waals surface area contributed by atoms with Crippen molar-refractivity contribution in [1.29, 1.82) is 0 Å². The number of rotatable bonds is 4. The summed E-state index contributed by atoms with van der Waals surface area (Å²) in [5.41, 5.74) is 1.14. The van der Waals surface area contributed by atoms with Crippen molar-refractivity contribution in [2.75, 3.05) is 58.2 Å². The molecule has 7 heteroatoms. The summed E-state index contributed by atoms with van der Waals surface area (Å²) in [7, 11) is 0. The molecule has 0 saturated carbocycles. The second-order valence-corrected chi connectivity index (χ2v) is 7.59. The minimum Gasteiger partial charge on any atom is -0.486 e. The lowest BCUT2D eigenvalue weighted by molar-refractivity contribution is -0.946. The van der Waals surface area contributed by atoms with E-state index in [4.69, 9.17) is 9.47 Å². The fourth-order valence-corrected chi connectivity index (χ4v) is 4.80. The van der Waals surface area contributed by atoms with Crippen LogP contribution in [0.25, 0.3) is 0 Å². The van der Waals surface area contributed by atoms with E-state index < -0.39 is 0 Å². The number of nitrogens with zero attached hydrogens (tertiary/aromatic N) is 1. The third-order valence-electron chi connectivity index (χ3n) is 4.93. The number of nitrogens with two attached hydrogens (primary N) is 1. The van der Waals surface area contributed by atoms with Gasteiger partial charge in [-0.15, -0.1) is 11.8 Å². The molecular weight excluding hydrogens is 326 g/mol. The Bertz CT molecular complexity index is 607. The Hall–Kier alpha value is -1.44. The smallest absolute Gasteiger partial charge is 0.234 e. The predicted octanol–water partition coefficient (Wildman–Crippen LogP) is -1.51. The van der Waals surface area contributed by atoms with Crippen LogP contribution in [0.2, 0.25) is 0 Å². The van der Waals surface area contributed by atoms with Crippen LogP contribution in [0.15, 0.2) is 18.2 Å². The van der Waals surface area contributed by atoms with E-state index >= 15 is 0 Å². The monoisotopic (exact) mass is 351 g/mol.